The smallest absolute Gasteiger partial charge is 0.0477 e. The van der Waals surface area contributed by atoms with Crippen LogP contribution in [-0.4, -0.2) is 24.8 Å². The van der Waals surface area contributed by atoms with Gasteiger partial charge >= 0.3 is 0 Å². The van der Waals surface area contributed by atoms with Crippen molar-refractivity contribution in [1.29, 1.82) is 0 Å². The summed E-state index contributed by atoms with van der Waals surface area (Å²) in [6.45, 7) is 2.57. The summed E-state index contributed by atoms with van der Waals surface area (Å²) >= 11 is 0. The first kappa shape index (κ1) is 6.62. The molecule has 0 unspecified atom stereocenters. The molecule has 0 aromatic rings. The molecule has 2 nitrogen and oxygen atoms in total. The molecular formula is C8H15NO. The molecule has 1 heterocycles. The maximum Gasteiger partial charge on any atom is 0.0477 e. The van der Waals surface area contributed by atoms with E-state index >= 15 is 0 Å². The maximum atomic E-state index is 9.03. The highest BCUT2D eigenvalue weighted by atomic mass is 16.3. The van der Waals surface area contributed by atoms with Gasteiger partial charge in [0.15, 0.2) is 0 Å². The average molecular weight is 141 g/mol. The Morgan fingerprint density at radius 1 is 1.50 bits per heavy atom. The van der Waals surface area contributed by atoms with Gasteiger partial charge in [-0.3, -0.25) is 0 Å². The first-order valence-corrected chi connectivity index (χ1v) is 4.19. The van der Waals surface area contributed by atoms with Gasteiger partial charge in [0.1, 0.15) is 0 Å². The van der Waals surface area contributed by atoms with Crippen LogP contribution in [0.15, 0.2) is 0 Å². The van der Waals surface area contributed by atoms with Gasteiger partial charge in [0.25, 0.3) is 0 Å². The zero-order valence-electron chi connectivity index (χ0n) is 6.27. The fourth-order valence-electron chi connectivity index (χ4n) is 2.33. The lowest BCUT2D eigenvalue weighted by Gasteiger charge is -2.42. The molecule has 0 aromatic heterocycles. The molecule has 2 heteroatoms. The van der Waals surface area contributed by atoms with Crippen molar-refractivity contribution in [3.8, 4) is 0 Å². The van der Waals surface area contributed by atoms with Crippen molar-refractivity contribution in [2.45, 2.75) is 19.3 Å². The first-order chi connectivity index (χ1) is 4.87. The van der Waals surface area contributed by atoms with E-state index in [0.29, 0.717) is 17.9 Å². The van der Waals surface area contributed by atoms with E-state index in [1.165, 1.54) is 19.3 Å². The molecule has 1 aliphatic heterocycles. The van der Waals surface area contributed by atoms with Crippen molar-refractivity contribution in [2.75, 3.05) is 19.7 Å². The summed E-state index contributed by atoms with van der Waals surface area (Å²) in [5.41, 5.74) is 0.523. The number of nitrogens with one attached hydrogen (secondary N) is 1. The largest absolute Gasteiger partial charge is 0.396 e. The number of hydrogen-bond acceptors (Lipinski definition) is 2. The van der Waals surface area contributed by atoms with E-state index in [2.05, 4.69) is 5.32 Å². The van der Waals surface area contributed by atoms with Gasteiger partial charge in [0.05, 0.1) is 0 Å². The lowest BCUT2D eigenvalue weighted by atomic mass is 9.63. The van der Waals surface area contributed by atoms with E-state index in [0.717, 1.165) is 13.1 Å². The Morgan fingerprint density at radius 2 is 2.30 bits per heavy atom. The van der Waals surface area contributed by atoms with Gasteiger partial charge in [-0.15, -0.1) is 0 Å². The minimum atomic E-state index is 0.382. The highest BCUT2D eigenvalue weighted by Gasteiger charge is 2.46. The van der Waals surface area contributed by atoms with Crippen molar-refractivity contribution in [1.82, 2.24) is 5.32 Å². The molecule has 0 amide bonds. The van der Waals surface area contributed by atoms with E-state index < -0.39 is 0 Å². The topological polar surface area (TPSA) is 32.3 Å². The van der Waals surface area contributed by atoms with Crippen molar-refractivity contribution in [3.63, 3.8) is 0 Å². The van der Waals surface area contributed by atoms with E-state index in [9.17, 15) is 0 Å². The predicted molar refractivity (Wildman–Crippen MR) is 39.7 cm³/mol. The summed E-state index contributed by atoms with van der Waals surface area (Å²) in [6.07, 6.45) is 4.05. The first-order valence-electron chi connectivity index (χ1n) is 4.19. The summed E-state index contributed by atoms with van der Waals surface area (Å²) in [5.74, 6) is 0.557. The maximum absolute atomic E-state index is 9.03. The zero-order valence-corrected chi connectivity index (χ0v) is 6.27. The Kier molecular flexibility index (Phi) is 1.46. The Balaban J connectivity index is 2.05. The van der Waals surface area contributed by atoms with Gasteiger partial charge in [-0.05, 0) is 18.3 Å². The van der Waals surface area contributed by atoms with Crippen LogP contribution in [0.4, 0.5) is 0 Å². The fraction of sp³-hybridized carbons (Fsp3) is 1.00. The van der Waals surface area contributed by atoms with Crippen LogP contribution >= 0.6 is 0 Å². The van der Waals surface area contributed by atoms with Gasteiger partial charge in [0, 0.05) is 25.6 Å². The third-order valence-corrected chi connectivity index (χ3v) is 3.30. The number of aliphatic hydroxyl groups is 1. The monoisotopic (exact) mass is 141 g/mol. The Morgan fingerprint density at radius 3 is 2.70 bits per heavy atom. The van der Waals surface area contributed by atoms with Crippen molar-refractivity contribution in [2.24, 2.45) is 11.3 Å². The van der Waals surface area contributed by atoms with Crippen molar-refractivity contribution >= 4 is 0 Å². The summed E-state index contributed by atoms with van der Waals surface area (Å²) in [4.78, 5) is 0. The molecule has 2 fully saturated rings. The molecule has 10 heavy (non-hydrogen) atoms. The second kappa shape index (κ2) is 2.21. The van der Waals surface area contributed by atoms with Crippen LogP contribution in [-0.2, 0) is 0 Å². The summed E-state index contributed by atoms with van der Waals surface area (Å²) < 4.78 is 0. The van der Waals surface area contributed by atoms with Crippen LogP contribution in [0.1, 0.15) is 19.3 Å². The van der Waals surface area contributed by atoms with Crippen LogP contribution in [0.5, 0.6) is 0 Å². The number of hydrogen-bond donors (Lipinski definition) is 2. The Bertz CT molecular complexity index is 131. The van der Waals surface area contributed by atoms with Crippen LogP contribution in [0, 0.1) is 11.3 Å². The minimum absolute atomic E-state index is 0.382. The number of aliphatic hydroxyl groups excluding tert-OH is 1. The van der Waals surface area contributed by atoms with Gasteiger partial charge in [0.2, 0.25) is 0 Å². The average Bonchev–Trinajstić information content (AvgIpc) is 2.27. The fourth-order valence-corrected chi connectivity index (χ4v) is 2.33. The quantitative estimate of drug-likeness (QED) is 0.553. The van der Waals surface area contributed by atoms with E-state index in [-0.39, 0.29) is 0 Å². The van der Waals surface area contributed by atoms with E-state index in [1.807, 2.05) is 0 Å². The molecule has 1 spiro atoms. The van der Waals surface area contributed by atoms with Crippen LogP contribution < -0.4 is 5.32 Å². The second-order valence-corrected chi connectivity index (χ2v) is 3.73. The zero-order chi connectivity index (χ0) is 7.03. The van der Waals surface area contributed by atoms with Gasteiger partial charge in [-0.25, -0.2) is 0 Å². The highest BCUT2D eigenvalue weighted by Crippen LogP contribution is 2.48. The summed E-state index contributed by atoms with van der Waals surface area (Å²) in [5, 5.41) is 12.4. The van der Waals surface area contributed by atoms with Crippen LogP contribution in [0.2, 0.25) is 0 Å². The molecule has 2 N–H and O–H groups in total. The molecular weight excluding hydrogens is 126 g/mol. The molecule has 2 aliphatic rings. The highest BCUT2D eigenvalue weighted by molar-refractivity contribution is 4.99. The molecule has 0 radical (unpaired) electrons. The van der Waals surface area contributed by atoms with Crippen molar-refractivity contribution < 1.29 is 5.11 Å². The second-order valence-electron chi connectivity index (χ2n) is 3.73. The van der Waals surface area contributed by atoms with E-state index in [1.54, 1.807) is 0 Å². The summed E-state index contributed by atoms with van der Waals surface area (Å²) in [6, 6.07) is 0. The van der Waals surface area contributed by atoms with Crippen LogP contribution in [0.3, 0.4) is 0 Å². The van der Waals surface area contributed by atoms with Crippen molar-refractivity contribution in [3.05, 3.63) is 0 Å². The third kappa shape index (κ3) is 0.722. The van der Waals surface area contributed by atoms with Crippen LogP contribution in [0.25, 0.3) is 0 Å². The molecule has 58 valence electrons. The normalized spacial score (nSPS) is 36.3. The predicted octanol–water partition coefficient (Wildman–Crippen LogP) is 0.368. The van der Waals surface area contributed by atoms with E-state index in [4.69, 9.17) is 5.11 Å². The molecule has 2 rings (SSSR count). The van der Waals surface area contributed by atoms with Gasteiger partial charge < -0.3 is 10.4 Å². The number of rotatable bonds is 1. The molecule has 1 saturated carbocycles. The lowest BCUT2D eigenvalue weighted by molar-refractivity contribution is 0.0568. The molecule has 1 aliphatic carbocycles. The SMILES string of the molecule is OC[C@@H]1CNCC12CCC2. The Hall–Kier alpha value is -0.0800. The third-order valence-electron chi connectivity index (χ3n) is 3.30. The molecule has 0 bridgehead atoms. The minimum Gasteiger partial charge on any atom is -0.396 e. The lowest BCUT2D eigenvalue weighted by Crippen LogP contribution is -2.38. The standard InChI is InChI=1S/C8H15NO/c10-5-7-4-9-6-8(7)2-1-3-8/h7,9-10H,1-6H2/t7-/m0/s1. The Labute approximate surface area is 61.6 Å². The summed E-state index contributed by atoms with van der Waals surface area (Å²) in [7, 11) is 0. The molecule has 0 aromatic carbocycles. The van der Waals surface area contributed by atoms with Gasteiger partial charge in [-0.1, -0.05) is 6.42 Å². The molecule has 1 saturated heterocycles. The molecule has 1 atom stereocenters. The van der Waals surface area contributed by atoms with Gasteiger partial charge in [-0.2, -0.15) is 0 Å².